The molecule has 2 aromatic carbocycles. The number of carbonyl (C=O) groups is 2. The Morgan fingerprint density at radius 2 is 1.79 bits per heavy atom. The average molecular weight is 327 g/mol. The molecule has 0 spiro atoms. The van der Waals surface area contributed by atoms with Gasteiger partial charge in [-0.05, 0) is 42.3 Å². The summed E-state index contributed by atoms with van der Waals surface area (Å²) in [5.74, 6) is -0.791. The number of hydrogen-bond acceptors (Lipinski definition) is 3. The number of hydrogen-bond donors (Lipinski definition) is 2. The molecular formula is C18H18FN3O2. The van der Waals surface area contributed by atoms with Gasteiger partial charge in [-0.3, -0.25) is 9.59 Å². The summed E-state index contributed by atoms with van der Waals surface area (Å²) in [6.45, 7) is 3.19. The maximum Gasteiger partial charge on any atom is 0.244 e. The van der Waals surface area contributed by atoms with Gasteiger partial charge in [0.2, 0.25) is 11.8 Å². The summed E-state index contributed by atoms with van der Waals surface area (Å²) in [5.41, 5.74) is 5.22. The lowest BCUT2D eigenvalue weighted by Gasteiger charge is -2.06. The summed E-state index contributed by atoms with van der Waals surface area (Å²) < 4.78 is 12.8. The third-order valence-corrected chi connectivity index (χ3v) is 3.23. The molecule has 2 amide bonds. The third kappa shape index (κ3) is 5.31. The highest BCUT2D eigenvalue weighted by atomic mass is 19.1. The zero-order valence-corrected chi connectivity index (χ0v) is 13.5. The van der Waals surface area contributed by atoms with Crippen molar-refractivity contribution in [2.24, 2.45) is 5.10 Å². The summed E-state index contributed by atoms with van der Waals surface area (Å²) in [7, 11) is 0. The van der Waals surface area contributed by atoms with Crippen molar-refractivity contribution in [1.82, 2.24) is 5.43 Å². The highest BCUT2D eigenvalue weighted by molar-refractivity contribution is 6.00. The van der Waals surface area contributed by atoms with E-state index in [9.17, 15) is 14.0 Å². The van der Waals surface area contributed by atoms with E-state index >= 15 is 0 Å². The van der Waals surface area contributed by atoms with Gasteiger partial charge in [0.1, 0.15) is 5.82 Å². The van der Waals surface area contributed by atoms with Crippen molar-refractivity contribution in [2.75, 3.05) is 5.32 Å². The molecule has 0 aliphatic heterocycles. The third-order valence-electron chi connectivity index (χ3n) is 3.23. The van der Waals surface area contributed by atoms with Gasteiger partial charge in [0, 0.05) is 12.6 Å². The molecule has 0 saturated carbocycles. The first-order valence-electron chi connectivity index (χ1n) is 7.39. The molecule has 0 aliphatic carbocycles. The lowest BCUT2D eigenvalue weighted by atomic mass is 10.1. The Bertz CT molecular complexity index is 770. The Morgan fingerprint density at radius 1 is 1.08 bits per heavy atom. The van der Waals surface area contributed by atoms with Crippen LogP contribution in [0.1, 0.15) is 25.0 Å². The molecule has 0 aliphatic rings. The maximum atomic E-state index is 12.8. The molecule has 124 valence electrons. The molecule has 0 heterocycles. The van der Waals surface area contributed by atoms with Crippen LogP contribution in [0.4, 0.5) is 10.1 Å². The van der Waals surface area contributed by atoms with E-state index in [1.807, 2.05) is 6.07 Å². The van der Waals surface area contributed by atoms with Crippen LogP contribution in [0.3, 0.4) is 0 Å². The van der Waals surface area contributed by atoms with Gasteiger partial charge in [-0.2, -0.15) is 5.10 Å². The quantitative estimate of drug-likeness (QED) is 0.655. The van der Waals surface area contributed by atoms with E-state index < -0.39 is 0 Å². The molecule has 5 nitrogen and oxygen atoms in total. The van der Waals surface area contributed by atoms with Gasteiger partial charge in [0.15, 0.2) is 0 Å². The van der Waals surface area contributed by atoms with Crippen LogP contribution in [0.15, 0.2) is 53.6 Å². The summed E-state index contributed by atoms with van der Waals surface area (Å²) in [5, 5.41) is 6.75. The van der Waals surface area contributed by atoms with E-state index in [1.165, 1.54) is 19.1 Å². The molecule has 0 fully saturated rings. The molecular weight excluding hydrogens is 309 g/mol. The Balaban J connectivity index is 1.99. The summed E-state index contributed by atoms with van der Waals surface area (Å²) in [4.78, 5) is 23.0. The minimum absolute atomic E-state index is 0.114. The first kappa shape index (κ1) is 17.3. The van der Waals surface area contributed by atoms with Crippen LogP contribution in [0.5, 0.6) is 0 Å². The van der Waals surface area contributed by atoms with E-state index in [0.717, 1.165) is 5.56 Å². The predicted octanol–water partition coefficient (Wildman–Crippen LogP) is 2.87. The van der Waals surface area contributed by atoms with Gasteiger partial charge in [-0.1, -0.05) is 24.3 Å². The van der Waals surface area contributed by atoms with Gasteiger partial charge in [-0.25, -0.2) is 9.82 Å². The molecule has 0 aromatic heterocycles. The summed E-state index contributed by atoms with van der Waals surface area (Å²) in [6.07, 6.45) is 0.114. The normalized spacial score (nSPS) is 11.0. The number of carbonyl (C=O) groups excluding carboxylic acids is 2. The molecule has 0 bridgehead atoms. The molecule has 2 rings (SSSR count). The smallest absolute Gasteiger partial charge is 0.244 e. The van der Waals surface area contributed by atoms with Crippen molar-refractivity contribution in [3.8, 4) is 0 Å². The number of nitrogens with one attached hydrogen (secondary N) is 2. The summed E-state index contributed by atoms with van der Waals surface area (Å²) in [6, 6.07) is 12.9. The van der Waals surface area contributed by atoms with Crippen LogP contribution in [-0.2, 0) is 16.0 Å². The van der Waals surface area contributed by atoms with E-state index in [4.69, 9.17) is 0 Å². The standard InChI is InChI=1S/C18H18FN3O2/c1-12(15-4-3-5-17(11-15)20-13(2)23)21-22-18(24)10-14-6-8-16(19)9-7-14/h3-9,11H,10H2,1-2H3,(H,20,23)(H,22,24)/b21-12-. The predicted molar refractivity (Wildman–Crippen MR) is 91.2 cm³/mol. The molecule has 2 aromatic rings. The largest absolute Gasteiger partial charge is 0.326 e. The Labute approximate surface area is 139 Å². The molecule has 24 heavy (non-hydrogen) atoms. The minimum Gasteiger partial charge on any atom is -0.326 e. The Morgan fingerprint density at radius 3 is 2.46 bits per heavy atom. The monoisotopic (exact) mass is 327 g/mol. The number of anilines is 1. The van der Waals surface area contributed by atoms with Gasteiger partial charge >= 0.3 is 0 Å². The van der Waals surface area contributed by atoms with Crippen molar-refractivity contribution >= 4 is 23.2 Å². The number of hydrazone groups is 1. The molecule has 0 atom stereocenters. The van der Waals surface area contributed by atoms with Crippen molar-refractivity contribution in [2.45, 2.75) is 20.3 Å². The second-order valence-corrected chi connectivity index (χ2v) is 5.30. The highest BCUT2D eigenvalue weighted by Gasteiger charge is 2.04. The molecule has 2 N–H and O–H groups in total. The Kier molecular flexibility index (Phi) is 5.78. The number of halogens is 1. The highest BCUT2D eigenvalue weighted by Crippen LogP contribution is 2.11. The first-order chi connectivity index (χ1) is 11.4. The maximum absolute atomic E-state index is 12.8. The topological polar surface area (TPSA) is 70.6 Å². The van der Waals surface area contributed by atoms with Crippen LogP contribution in [0.25, 0.3) is 0 Å². The molecule has 0 radical (unpaired) electrons. The number of benzene rings is 2. The van der Waals surface area contributed by atoms with Crippen LogP contribution in [-0.4, -0.2) is 17.5 Å². The van der Waals surface area contributed by atoms with Crippen molar-refractivity contribution in [3.05, 3.63) is 65.5 Å². The van der Waals surface area contributed by atoms with Crippen molar-refractivity contribution in [3.63, 3.8) is 0 Å². The zero-order chi connectivity index (χ0) is 17.5. The van der Waals surface area contributed by atoms with E-state index in [2.05, 4.69) is 15.8 Å². The van der Waals surface area contributed by atoms with E-state index in [0.29, 0.717) is 17.0 Å². The van der Waals surface area contributed by atoms with Crippen LogP contribution in [0, 0.1) is 5.82 Å². The van der Waals surface area contributed by atoms with Gasteiger partial charge in [-0.15, -0.1) is 0 Å². The van der Waals surface area contributed by atoms with Gasteiger partial charge in [0.25, 0.3) is 0 Å². The first-order valence-corrected chi connectivity index (χ1v) is 7.39. The number of amides is 2. The SMILES string of the molecule is CC(=O)Nc1cccc(/C(C)=N\NC(=O)Cc2ccc(F)cc2)c1. The second-order valence-electron chi connectivity index (χ2n) is 5.30. The van der Waals surface area contributed by atoms with Crippen LogP contribution in [0.2, 0.25) is 0 Å². The number of rotatable bonds is 5. The summed E-state index contributed by atoms with van der Waals surface area (Å²) >= 11 is 0. The fraction of sp³-hybridized carbons (Fsp3) is 0.167. The minimum atomic E-state index is -0.341. The van der Waals surface area contributed by atoms with Crippen LogP contribution < -0.4 is 10.7 Å². The van der Waals surface area contributed by atoms with Crippen LogP contribution >= 0.6 is 0 Å². The Hall–Kier alpha value is -3.02. The zero-order valence-electron chi connectivity index (χ0n) is 13.5. The fourth-order valence-corrected chi connectivity index (χ4v) is 2.06. The van der Waals surface area contributed by atoms with Crippen molar-refractivity contribution < 1.29 is 14.0 Å². The fourth-order valence-electron chi connectivity index (χ4n) is 2.06. The van der Waals surface area contributed by atoms with E-state index in [-0.39, 0.29) is 24.1 Å². The second kappa shape index (κ2) is 8.01. The average Bonchev–Trinajstić information content (AvgIpc) is 2.54. The van der Waals surface area contributed by atoms with Gasteiger partial charge < -0.3 is 5.32 Å². The van der Waals surface area contributed by atoms with Gasteiger partial charge in [0.05, 0.1) is 12.1 Å². The molecule has 6 heteroatoms. The lowest BCUT2D eigenvalue weighted by molar-refractivity contribution is -0.120. The molecule has 0 unspecified atom stereocenters. The van der Waals surface area contributed by atoms with E-state index in [1.54, 1.807) is 37.3 Å². The van der Waals surface area contributed by atoms with Crippen molar-refractivity contribution in [1.29, 1.82) is 0 Å². The lowest BCUT2D eigenvalue weighted by Crippen LogP contribution is -2.21. The molecule has 0 saturated heterocycles. The number of nitrogens with zero attached hydrogens (tertiary/aromatic N) is 1.